The van der Waals surface area contributed by atoms with Gasteiger partial charge in [-0.3, -0.25) is 9.59 Å². The normalized spacial score (nSPS) is 21.7. The first kappa shape index (κ1) is 18.7. The lowest BCUT2D eigenvalue weighted by Crippen LogP contribution is -2.47. The third-order valence-corrected chi connectivity index (χ3v) is 5.88. The zero-order valence-corrected chi connectivity index (χ0v) is 15.9. The van der Waals surface area contributed by atoms with Crippen molar-refractivity contribution < 1.29 is 14.0 Å². The SMILES string of the molecule is O=C(CCc1ccc(F)cc1)N1C[C@@H]2CC[C@H](C1)N(Cc1ccccc1)C2=O. The summed E-state index contributed by atoms with van der Waals surface area (Å²) in [5.74, 6) is -0.113. The minimum absolute atomic E-state index is 0.0792. The number of piperidine rings is 1. The van der Waals surface area contributed by atoms with Crippen LogP contribution in [-0.4, -0.2) is 40.7 Å². The van der Waals surface area contributed by atoms with Crippen LogP contribution >= 0.6 is 0 Å². The minimum atomic E-state index is -0.267. The largest absolute Gasteiger partial charge is 0.340 e. The molecule has 0 aliphatic carbocycles. The highest BCUT2D eigenvalue weighted by molar-refractivity contribution is 5.83. The summed E-state index contributed by atoms with van der Waals surface area (Å²) in [6.07, 6.45) is 2.78. The van der Waals surface area contributed by atoms with E-state index >= 15 is 0 Å². The maximum Gasteiger partial charge on any atom is 0.228 e. The molecule has 3 fully saturated rings. The van der Waals surface area contributed by atoms with E-state index in [9.17, 15) is 14.0 Å². The molecule has 0 spiro atoms. The van der Waals surface area contributed by atoms with Gasteiger partial charge in [0.15, 0.2) is 0 Å². The molecule has 4 nitrogen and oxygen atoms in total. The molecule has 2 aromatic carbocycles. The topological polar surface area (TPSA) is 40.6 Å². The highest BCUT2D eigenvalue weighted by atomic mass is 19.1. The van der Waals surface area contributed by atoms with Crippen molar-refractivity contribution in [3.05, 3.63) is 71.5 Å². The molecule has 28 heavy (non-hydrogen) atoms. The quantitative estimate of drug-likeness (QED) is 0.798. The number of carbonyl (C=O) groups excluding carboxylic acids is 2. The van der Waals surface area contributed by atoms with Crippen molar-refractivity contribution in [2.45, 2.75) is 38.3 Å². The van der Waals surface area contributed by atoms with Gasteiger partial charge in [-0.05, 0) is 42.5 Å². The van der Waals surface area contributed by atoms with Crippen molar-refractivity contribution in [2.75, 3.05) is 13.1 Å². The average Bonchev–Trinajstić information content (AvgIpc) is 3.01. The van der Waals surface area contributed by atoms with E-state index in [1.807, 2.05) is 40.1 Å². The van der Waals surface area contributed by atoms with Crippen LogP contribution in [0.25, 0.3) is 0 Å². The van der Waals surface area contributed by atoms with Gasteiger partial charge < -0.3 is 9.80 Å². The van der Waals surface area contributed by atoms with Crippen molar-refractivity contribution in [3.63, 3.8) is 0 Å². The molecule has 3 aliphatic heterocycles. The molecule has 146 valence electrons. The molecular formula is C23H25FN2O2. The van der Waals surface area contributed by atoms with Crippen molar-refractivity contribution in [1.82, 2.24) is 9.80 Å². The summed E-state index contributed by atoms with van der Waals surface area (Å²) >= 11 is 0. The Morgan fingerprint density at radius 2 is 1.71 bits per heavy atom. The van der Waals surface area contributed by atoms with Crippen molar-refractivity contribution in [1.29, 1.82) is 0 Å². The molecule has 5 rings (SSSR count). The number of hydrogen-bond donors (Lipinski definition) is 0. The van der Waals surface area contributed by atoms with Gasteiger partial charge in [0.05, 0.1) is 5.92 Å². The van der Waals surface area contributed by atoms with Gasteiger partial charge in [0.1, 0.15) is 5.82 Å². The molecular weight excluding hydrogens is 355 g/mol. The van der Waals surface area contributed by atoms with E-state index in [0.717, 1.165) is 24.0 Å². The van der Waals surface area contributed by atoms with Crippen LogP contribution in [0.5, 0.6) is 0 Å². The third-order valence-electron chi connectivity index (χ3n) is 5.88. The Morgan fingerprint density at radius 3 is 2.46 bits per heavy atom. The van der Waals surface area contributed by atoms with Crippen LogP contribution in [0, 0.1) is 11.7 Å². The molecule has 0 unspecified atom stereocenters. The van der Waals surface area contributed by atoms with Crippen LogP contribution < -0.4 is 0 Å². The summed E-state index contributed by atoms with van der Waals surface area (Å²) in [6, 6.07) is 16.4. The third kappa shape index (κ3) is 4.08. The first-order chi connectivity index (χ1) is 13.6. The molecule has 2 atom stereocenters. The maximum absolute atomic E-state index is 13.0. The summed E-state index contributed by atoms with van der Waals surface area (Å²) in [5, 5.41) is 0. The van der Waals surface area contributed by atoms with Crippen molar-refractivity contribution >= 4 is 11.8 Å². The van der Waals surface area contributed by atoms with Gasteiger partial charge in [0.25, 0.3) is 0 Å². The summed E-state index contributed by atoms with van der Waals surface area (Å²) < 4.78 is 13.0. The molecule has 3 saturated heterocycles. The number of carbonyl (C=O) groups is 2. The Kier molecular flexibility index (Phi) is 5.42. The zero-order chi connectivity index (χ0) is 19.5. The van der Waals surface area contributed by atoms with Crippen LogP contribution in [0.3, 0.4) is 0 Å². The van der Waals surface area contributed by atoms with Gasteiger partial charge >= 0.3 is 0 Å². The fourth-order valence-electron chi connectivity index (χ4n) is 4.29. The van der Waals surface area contributed by atoms with Crippen LogP contribution in [-0.2, 0) is 22.6 Å². The number of benzene rings is 2. The van der Waals surface area contributed by atoms with E-state index in [2.05, 4.69) is 0 Å². The number of amides is 2. The minimum Gasteiger partial charge on any atom is -0.340 e. The van der Waals surface area contributed by atoms with Gasteiger partial charge in [-0.15, -0.1) is 0 Å². The van der Waals surface area contributed by atoms with Crippen LogP contribution in [0.15, 0.2) is 54.6 Å². The average molecular weight is 380 g/mol. The fourth-order valence-corrected chi connectivity index (χ4v) is 4.29. The van der Waals surface area contributed by atoms with Crippen molar-refractivity contribution in [3.8, 4) is 0 Å². The number of halogens is 1. The summed E-state index contributed by atoms with van der Waals surface area (Å²) in [5.41, 5.74) is 2.08. The van der Waals surface area contributed by atoms with Gasteiger partial charge in [0.2, 0.25) is 11.8 Å². The predicted molar refractivity (Wildman–Crippen MR) is 105 cm³/mol. The highest BCUT2D eigenvalue weighted by Gasteiger charge is 2.41. The number of hydrogen-bond acceptors (Lipinski definition) is 2. The molecule has 2 aromatic rings. The first-order valence-corrected chi connectivity index (χ1v) is 9.97. The van der Waals surface area contributed by atoms with E-state index in [-0.39, 0.29) is 29.6 Å². The molecule has 5 heteroatoms. The van der Waals surface area contributed by atoms with E-state index in [1.165, 1.54) is 12.1 Å². The second kappa shape index (κ2) is 8.13. The molecule has 2 amide bonds. The maximum atomic E-state index is 13.0. The number of fused-ring (bicyclic) bond motifs is 4. The smallest absolute Gasteiger partial charge is 0.228 e. The lowest BCUT2D eigenvalue weighted by molar-refractivity contribution is -0.140. The Morgan fingerprint density at radius 1 is 0.964 bits per heavy atom. The Bertz CT molecular complexity index is 837. The van der Waals surface area contributed by atoms with Gasteiger partial charge in [-0.2, -0.15) is 0 Å². The summed E-state index contributed by atoms with van der Waals surface area (Å²) in [4.78, 5) is 29.6. The zero-order valence-electron chi connectivity index (χ0n) is 15.9. The van der Waals surface area contributed by atoms with E-state index < -0.39 is 0 Å². The molecule has 0 N–H and O–H groups in total. The Balaban J connectivity index is 1.41. The lowest BCUT2D eigenvalue weighted by Gasteiger charge is -2.36. The molecule has 0 radical (unpaired) electrons. The molecule has 0 saturated carbocycles. The van der Waals surface area contributed by atoms with Crippen molar-refractivity contribution in [2.24, 2.45) is 5.92 Å². The summed E-state index contributed by atoms with van der Waals surface area (Å²) in [7, 11) is 0. The van der Waals surface area contributed by atoms with E-state index in [0.29, 0.717) is 32.5 Å². The monoisotopic (exact) mass is 380 g/mol. The number of nitrogens with zero attached hydrogens (tertiary/aromatic N) is 2. The first-order valence-electron chi connectivity index (χ1n) is 9.97. The molecule has 3 aliphatic rings. The van der Waals surface area contributed by atoms with Gasteiger partial charge in [-0.25, -0.2) is 4.39 Å². The molecule has 2 bridgehead atoms. The number of rotatable bonds is 5. The second-order valence-corrected chi connectivity index (χ2v) is 7.81. The van der Waals surface area contributed by atoms with Crippen LogP contribution in [0.4, 0.5) is 4.39 Å². The number of aryl methyl sites for hydroxylation is 1. The Labute approximate surface area is 164 Å². The van der Waals surface area contributed by atoms with Gasteiger partial charge in [-0.1, -0.05) is 42.5 Å². The van der Waals surface area contributed by atoms with Crippen LogP contribution in [0.2, 0.25) is 0 Å². The lowest BCUT2D eigenvalue weighted by atomic mass is 9.93. The molecule has 3 heterocycles. The Hall–Kier alpha value is -2.69. The fraction of sp³-hybridized carbons (Fsp3) is 0.391. The molecule has 0 aromatic heterocycles. The highest BCUT2D eigenvalue weighted by Crippen LogP contribution is 2.30. The standard InChI is InChI=1S/C23H25FN2O2/c24-20-10-6-17(7-11-20)8-13-22(27)25-15-19-9-12-21(16-25)26(23(19)28)14-18-4-2-1-3-5-18/h1-7,10-11,19,21H,8-9,12-16H2/t19-,21+/m0/s1. The summed E-state index contributed by atoms with van der Waals surface area (Å²) in [6.45, 7) is 1.73. The van der Waals surface area contributed by atoms with Crippen LogP contribution in [0.1, 0.15) is 30.4 Å². The predicted octanol–water partition coefficient (Wildman–Crippen LogP) is 3.41. The van der Waals surface area contributed by atoms with E-state index in [4.69, 9.17) is 0 Å². The van der Waals surface area contributed by atoms with Gasteiger partial charge in [0, 0.05) is 32.1 Å². The second-order valence-electron chi connectivity index (χ2n) is 7.81. The van der Waals surface area contributed by atoms with E-state index in [1.54, 1.807) is 12.1 Å².